The summed E-state index contributed by atoms with van der Waals surface area (Å²) in [6.07, 6.45) is 0.262. The third kappa shape index (κ3) is 2.29. The molecule has 1 aliphatic heterocycles. The predicted molar refractivity (Wildman–Crippen MR) is 67.1 cm³/mol. The van der Waals surface area contributed by atoms with E-state index >= 15 is 0 Å². The highest BCUT2D eigenvalue weighted by Gasteiger charge is 2.39. The number of hydrogen-bond donors (Lipinski definition) is 1. The molecule has 0 aromatic heterocycles. The van der Waals surface area contributed by atoms with Crippen molar-refractivity contribution in [3.8, 4) is 5.75 Å². The monoisotopic (exact) mass is 251 g/mol. The molecule has 0 bridgehead atoms. The van der Waals surface area contributed by atoms with Crippen LogP contribution in [0.2, 0.25) is 0 Å². The Morgan fingerprint density at radius 3 is 2.59 bits per heavy atom. The summed E-state index contributed by atoms with van der Waals surface area (Å²) in [4.78, 5) is 25.0. The van der Waals surface area contributed by atoms with Crippen LogP contribution in [0.5, 0.6) is 5.75 Å². The Morgan fingerprint density at radius 2 is 2.00 bits per heavy atom. The first kappa shape index (κ1) is 12.0. The van der Waals surface area contributed by atoms with Gasteiger partial charge in [-0.2, -0.15) is 0 Å². The van der Waals surface area contributed by atoms with Gasteiger partial charge in [-0.15, -0.1) is 11.8 Å². The van der Waals surface area contributed by atoms with E-state index in [1.165, 1.54) is 28.8 Å². The number of hydrogen-bond acceptors (Lipinski definition) is 4. The van der Waals surface area contributed by atoms with Crippen LogP contribution in [0.25, 0.3) is 0 Å². The van der Waals surface area contributed by atoms with E-state index in [9.17, 15) is 14.7 Å². The SMILES string of the molecule is CCSC1CC(=O)N(c2ccc(O)cc2)C1=O. The predicted octanol–water partition coefficient (Wildman–Crippen LogP) is 1.78. The molecule has 4 nitrogen and oxygen atoms in total. The molecule has 0 radical (unpaired) electrons. The first-order chi connectivity index (χ1) is 8.13. The Balaban J connectivity index is 2.24. The second-order valence-electron chi connectivity index (χ2n) is 3.73. The summed E-state index contributed by atoms with van der Waals surface area (Å²) in [5.41, 5.74) is 0.525. The third-order valence-electron chi connectivity index (χ3n) is 2.58. The molecule has 1 aromatic rings. The molecule has 0 saturated carbocycles. The zero-order chi connectivity index (χ0) is 12.4. The zero-order valence-corrected chi connectivity index (χ0v) is 10.2. The smallest absolute Gasteiger partial charge is 0.247 e. The fraction of sp³-hybridized carbons (Fsp3) is 0.333. The van der Waals surface area contributed by atoms with Crippen LogP contribution >= 0.6 is 11.8 Å². The van der Waals surface area contributed by atoms with Crippen molar-refractivity contribution in [1.82, 2.24) is 0 Å². The zero-order valence-electron chi connectivity index (χ0n) is 9.42. The number of anilines is 1. The van der Waals surface area contributed by atoms with Gasteiger partial charge in [0.15, 0.2) is 0 Å². The van der Waals surface area contributed by atoms with Crippen molar-refractivity contribution in [3.05, 3.63) is 24.3 Å². The molecule has 1 saturated heterocycles. The van der Waals surface area contributed by atoms with Gasteiger partial charge < -0.3 is 5.11 Å². The lowest BCUT2D eigenvalue weighted by molar-refractivity contribution is -0.121. The minimum absolute atomic E-state index is 0.118. The number of phenolic OH excluding ortho intramolecular Hbond substituents is 1. The summed E-state index contributed by atoms with van der Waals surface area (Å²) in [5, 5.41) is 8.91. The highest BCUT2D eigenvalue weighted by atomic mass is 32.2. The molecule has 0 aliphatic carbocycles. The molecule has 1 unspecified atom stereocenters. The molecule has 17 heavy (non-hydrogen) atoms. The third-order valence-corrected chi connectivity index (χ3v) is 3.69. The molecular formula is C12H13NO3S. The Labute approximate surface area is 104 Å². The van der Waals surface area contributed by atoms with Crippen molar-refractivity contribution in [3.63, 3.8) is 0 Å². The number of benzene rings is 1. The van der Waals surface area contributed by atoms with Crippen LogP contribution in [-0.2, 0) is 9.59 Å². The molecule has 1 N–H and O–H groups in total. The molecule has 2 rings (SSSR count). The van der Waals surface area contributed by atoms with Gasteiger partial charge in [-0.3, -0.25) is 9.59 Å². The maximum atomic E-state index is 12.0. The second-order valence-corrected chi connectivity index (χ2v) is 5.21. The number of phenols is 1. The topological polar surface area (TPSA) is 57.6 Å². The Morgan fingerprint density at radius 1 is 1.35 bits per heavy atom. The molecule has 90 valence electrons. The number of carbonyl (C=O) groups excluding carboxylic acids is 2. The van der Waals surface area contributed by atoms with E-state index in [0.29, 0.717) is 5.69 Å². The van der Waals surface area contributed by atoms with E-state index in [0.717, 1.165) is 5.75 Å². The van der Waals surface area contributed by atoms with Crippen LogP contribution in [0.3, 0.4) is 0 Å². The van der Waals surface area contributed by atoms with Gasteiger partial charge in [0.25, 0.3) is 0 Å². The summed E-state index contributed by atoms with van der Waals surface area (Å²) < 4.78 is 0. The van der Waals surface area contributed by atoms with Crippen molar-refractivity contribution < 1.29 is 14.7 Å². The van der Waals surface area contributed by atoms with Crippen molar-refractivity contribution in [2.45, 2.75) is 18.6 Å². The van der Waals surface area contributed by atoms with Gasteiger partial charge in [0.05, 0.1) is 10.9 Å². The fourth-order valence-corrected chi connectivity index (χ4v) is 2.72. The number of rotatable bonds is 3. The van der Waals surface area contributed by atoms with Gasteiger partial charge in [-0.25, -0.2) is 4.90 Å². The second kappa shape index (κ2) is 4.79. The molecule has 2 amide bonds. The number of carbonyl (C=O) groups is 2. The first-order valence-electron chi connectivity index (χ1n) is 5.41. The van der Waals surface area contributed by atoms with Crippen molar-refractivity contribution in [2.24, 2.45) is 0 Å². The van der Waals surface area contributed by atoms with Gasteiger partial charge in [0, 0.05) is 6.42 Å². The molecule has 1 fully saturated rings. The van der Waals surface area contributed by atoms with Crippen LogP contribution in [0.1, 0.15) is 13.3 Å². The largest absolute Gasteiger partial charge is 0.508 e. The number of thioether (sulfide) groups is 1. The number of nitrogens with zero attached hydrogens (tertiary/aromatic N) is 1. The minimum Gasteiger partial charge on any atom is -0.508 e. The normalized spacial score (nSPS) is 20.1. The molecule has 5 heteroatoms. The van der Waals surface area contributed by atoms with E-state index in [1.807, 2.05) is 6.92 Å². The van der Waals surface area contributed by atoms with Crippen LogP contribution in [0.15, 0.2) is 24.3 Å². The summed E-state index contributed by atoms with van der Waals surface area (Å²) >= 11 is 1.49. The van der Waals surface area contributed by atoms with E-state index in [1.54, 1.807) is 12.1 Å². The Kier molecular flexibility index (Phi) is 3.38. The summed E-state index contributed by atoms with van der Waals surface area (Å²) in [5.74, 6) is 0.596. The maximum absolute atomic E-state index is 12.0. The molecule has 1 heterocycles. The summed E-state index contributed by atoms with van der Waals surface area (Å²) in [6.45, 7) is 1.96. The quantitative estimate of drug-likeness (QED) is 0.832. The average molecular weight is 251 g/mol. The number of imide groups is 1. The van der Waals surface area contributed by atoms with E-state index in [4.69, 9.17) is 0 Å². The highest BCUT2D eigenvalue weighted by Crippen LogP contribution is 2.30. The van der Waals surface area contributed by atoms with E-state index < -0.39 is 0 Å². The molecule has 1 atom stereocenters. The average Bonchev–Trinajstić information content (AvgIpc) is 2.57. The highest BCUT2D eigenvalue weighted by molar-refractivity contribution is 8.00. The van der Waals surface area contributed by atoms with Crippen LogP contribution in [0, 0.1) is 0 Å². The first-order valence-corrected chi connectivity index (χ1v) is 6.45. The van der Waals surface area contributed by atoms with Gasteiger partial charge >= 0.3 is 0 Å². The molecule has 1 aliphatic rings. The summed E-state index contributed by atoms with van der Waals surface area (Å²) in [7, 11) is 0. The van der Waals surface area contributed by atoms with Crippen molar-refractivity contribution >= 4 is 29.3 Å². The Hall–Kier alpha value is -1.49. The van der Waals surface area contributed by atoms with Crippen LogP contribution in [0.4, 0.5) is 5.69 Å². The standard InChI is InChI=1S/C12H13NO3S/c1-2-17-10-7-11(15)13(12(10)16)8-3-5-9(14)6-4-8/h3-6,10,14H,2,7H2,1H3. The van der Waals surface area contributed by atoms with Crippen molar-refractivity contribution in [1.29, 1.82) is 0 Å². The van der Waals surface area contributed by atoms with Crippen LogP contribution in [-0.4, -0.2) is 27.9 Å². The lowest BCUT2D eigenvalue weighted by atomic mass is 10.3. The minimum atomic E-state index is -0.263. The van der Waals surface area contributed by atoms with E-state index in [2.05, 4.69) is 0 Å². The van der Waals surface area contributed by atoms with Gasteiger partial charge in [-0.05, 0) is 30.0 Å². The van der Waals surface area contributed by atoms with Gasteiger partial charge in [-0.1, -0.05) is 6.92 Å². The van der Waals surface area contributed by atoms with Gasteiger partial charge in [0.2, 0.25) is 11.8 Å². The Bertz CT molecular complexity index is 444. The maximum Gasteiger partial charge on any atom is 0.247 e. The molecule has 0 spiro atoms. The summed E-state index contributed by atoms with van der Waals surface area (Å²) in [6, 6.07) is 6.08. The van der Waals surface area contributed by atoms with Crippen molar-refractivity contribution in [2.75, 3.05) is 10.7 Å². The lowest BCUT2D eigenvalue weighted by Crippen LogP contribution is -2.31. The van der Waals surface area contributed by atoms with E-state index in [-0.39, 0.29) is 29.2 Å². The van der Waals surface area contributed by atoms with Crippen LogP contribution < -0.4 is 4.90 Å². The number of amides is 2. The number of aromatic hydroxyl groups is 1. The molecule has 1 aromatic carbocycles. The fourth-order valence-electron chi connectivity index (χ4n) is 1.81. The van der Waals surface area contributed by atoms with Gasteiger partial charge in [0.1, 0.15) is 5.75 Å². The molecular weight excluding hydrogens is 238 g/mol. The lowest BCUT2D eigenvalue weighted by Gasteiger charge is -2.14.